The summed E-state index contributed by atoms with van der Waals surface area (Å²) in [6, 6.07) is 7.40. The molecule has 2 heterocycles. The molecule has 1 aliphatic heterocycles. The zero-order valence-electron chi connectivity index (χ0n) is 14.5. The van der Waals surface area contributed by atoms with Crippen molar-refractivity contribution in [2.24, 2.45) is 7.05 Å². The Labute approximate surface area is 144 Å². The Morgan fingerprint density at radius 1 is 1.36 bits per heavy atom. The van der Waals surface area contributed by atoms with Gasteiger partial charge in [-0.05, 0) is 19.9 Å². The van der Waals surface area contributed by atoms with Crippen LogP contribution in [-0.4, -0.2) is 21.1 Å². The van der Waals surface area contributed by atoms with Gasteiger partial charge in [0.05, 0.1) is 12.5 Å². The summed E-state index contributed by atoms with van der Waals surface area (Å²) in [4.78, 5) is 38.4. The number of H-pyrrole nitrogens is 1. The number of aromatic amines is 1. The van der Waals surface area contributed by atoms with E-state index in [4.69, 9.17) is 4.74 Å². The molecule has 2 N–H and O–H groups in total. The molecule has 25 heavy (non-hydrogen) atoms. The maximum absolute atomic E-state index is 12.5. The monoisotopic (exact) mass is 343 g/mol. The highest BCUT2D eigenvalue weighted by molar-refractivity contribution is 5.79. The van der Waals surface area contributed by atoms with E-state index in [0.717, 1.165) is 15.9 Å². The number of fused-ring (bicyclic) bond motifs is 1. The van der Waals surface area contributed by atoms with E-state index in [-0.39, 0.29) is 23.9 Å². The molecule has 1 aliphatic rings. The lowest BCUT2D eigenvalue weighted by Gasteiger charge is -2.37. The molecule has 0 unspecified atom stereocenters. The van der Waals surface area contributed by atoms with Crippen LogP contribution in [0.2, 0.25) is 0 Å². The molecule has 0 radical (unpaired) electrons. The minimum Gasteiger partial charge on any atom is -0.487 e. The predicted molar refractivity (Wildman–Crippen MR) is 92.7 cm³/mol. The summed E-state index contributed by atoms with van der Waals surface area (Å²) in [7, 11) is 1.37. The van der Waals surface area contributed by atoms with Crippen LogP contribution in [0.5, 0.6) is 5.75 Å². The van der Waals surface area contributed by atoms with E-state index < -0.39 is 16.9 Å². The maximum atomic E-state index is 12.5. The number of hydrogen-bond donors (Lipinski definition) is 2. The van der Waals surface area contributed by atoms with Gasteiger partial charge in [0.15, 0.2) is 0 Å². The van der Waals surface area contributed by atoms with Gasteiger partial charge in [-0.3, -0.25) is 14.2 Å². The topological polar surface area (TPSA) is 93.2 Å². The third-order valence-electron chi connectivity index (χ3n) is 4.32. The van der Waals surface area contributed by atoms with E-state index in [1.165, 1.54) is 13.2 Å². The van der Waals surface area contributed by atoms with E-state index in [9.17, 15) is 14.4 Å². The van der Waals surface area contributed by atoms with Crippen LogP contribution < -0.4 is 21.3 Å². The molecule has 0 saturated heterocycles. The Morgan fingerprint density at radius 3 is 2.84 bits per heavy atom. The van der Waals surface area contributed by atoms with Crippen molar-refractivity contribution in [1.82, 2.24) is 14.9 Å². The van der Waals surface area contributed by atoms with Crippen molar-refractivity contribution in [2.75, 3.05) is 0 Å². The van der Waals surface area contributed by atoms with Gasteiger partial charge in [-0.15, -0.1) is 0 Å². The Kier molecular flexibility index (Phi) is 4.24. The molecule has 0 saturated carbocycles. The van der Waals surface area contributed by atoms with E-state index >= 15 is 0 Å². The van der Waals surface area contributed by atoms with Crippen LogP contribution in [0.1, 0.15) is 37.4 Å². The lowest BCUT2D eigenvalue weighted by atomic mass is 9.89. The fraction of sp³-hybridized carbons (Fsp3) is 0.389. The number of nitrogens with one attached hydrogen (secondary N) is 2. The SMILES string of the molecule is Cn1c(=O)[nH]cc(CC(=O)N[C@@H]2CC(C)(C)Oc3ccccc32)c1=O. The van der Waals surface area contributed by atoms with Gasteiger partial charge in [-0.1, -0.05) is 18.2 Å². The van der Waals surface area contributed by atoms with Crippen molar-refractivity contribution >= 4 is 5.91 Å². The highest BCUT2D eigenvalue weighted by atomic mass is 16.5. The number of carbonyl (C=O) groups is 1. The Bertz CT molecular complexity index is 926. The average Bonchev–Trinajstić information content (AvgIpc) is 2.54. The molecule has 1 atom stereocenters. The Balaban J connectivity index is 1.81. The molecule has 0 fully saturated rings. The number of para-hydroxylation sites is 1. The zero-order chi connectivity index (χ0) is 18.2. The molecule has 0 bridgehead atoms. The summed E-state index contributed by atoms with van der Waals surface area (Å²) < 4.78 is 6.91. The second-order valence-electron chi connectivity index (χ2n) is 6.88. The van der Waals surface area contributed by atoms with Crippen LogP contribution in [-0.2, 0) is 18.3 Å². The van der Waals surface area contributed by atoms with Crippen molar-refractivity contribution in [3.8, 4) is 5.75 Å². The first-order valence-electron chi connectivity index (χ1n) is 8.12. The number of nitrogens with zero attached hydrogens (tertiary/aromatic N) is 1. The smallest absolute Gasteiger partial charge is 0.328 e. The first-order chi connectivity index (χ1) is 11.8. The number of benzene rings is 1. The van der Waals surface area contributed by atoms with Gasteiger partial charge in [-0.2, -0.15) is 0 Å². The van der Waals surface area contributed by atoms with E-state index in [0.29, 0.717) is 6.42 Å². The van der Waals surface area contributed by atoms with Crippen molar-refractivity contribution in [1.29, 1.82) is 0 Å². The summed E-state index contributed by atoms with van der Waals surface area (Å²) >= 11 is 0. The normalized spacial score (nSPS) is 18.1. The fourth-order valence-electron chi connectivity index (χ4n) is 3.09. The minimum atomic E-state index is -0.505. The molecule has 1 aromatic carbocycles. The molecular formula is C18H21N3O4. The first kappa shape index (κ1) is 17.0. The van der Waals surface area contributed by atoms with Gasteiger partial charge in [0, 0.05) is 30.8 Å². The average molecular weight is 343 g/mol. The van der Waals surface area contributed by atoms with Crippen molar-refractivity contribution < 1.29 is 9.53 Å². The summed E-state index contributed by atoms with van der Waals surface area (Å²) in [6.45, 7) is 3.94. The molecule has 7 heteroatoms. The zero-order valence-corrected chi connectivity index (χ0v) is 14.5. The third kappa shape index (κ3) is 3.50. The molecule has 1 aromatic heterocycles. The van der Waals surface area contributed by atoms with Crippen LogP contribution in [0.3, 0.4) is 0 Å². The summed E-state index contributed by atoms with van der Waals surface area (Å²) in [5.74, 6) is 0.477. The van der Waals surface area contributed by atoms with E-state index in [1.807, 2.05) is 38.1 Å². The molecule has 7 nitrogen and oxygen atoms in total. The van der Waals surface area contributed by atoms with Crippen LogP contribution in [0.15, 0.2) is 40.1 Å². The highest BCUT2D eigenvalue weighted by Gasteiger charge is 2.34. The first-order valence-corrected chi connectivity index (χ1v) is 8.12. The van der Waals surface area contributed by atoms with Crippen LogP contribution in [0, 0.1) is 0 Å². The number of ether oxygens (including phenoxy) is 1. The second-order valence-corrected chi connectivity index (χ2v) is 6.88. The molecule has 132 valence electrons. The maximum Gasteiger partial charge on any atom is 0.328 e. The van der Waals surface area contributed by atoms with Gasteiger partial charge in [0.25, 0.3) is 5.56 Å². The van der Waals surface area contributed by atoms with Crippen molar-refractivity contribution in [2.45, 2.75) is 38.3 Å². The van der Waals surface area contributed by atoms with Gasteiger partial charge >= 0.3 is 5.69 Å². The molecule has 0 aliphatic carbocycles. The number of hydrogen-bond acceptors (Lipinski definition) is 4. The van der Waals surface area contributed by atoms with E-state index in [2.05, 4.69) is 10.3 Å². The lowest BCUT2D eigenvalue weighted by molar-refractivity contribution is -0.121. The number of rotatable bonds is 3. The number of carbonyl (C=O) groups excluding carboxylic acids is 1. The third-order valence-corrected chi connectivity index (χ3v) is 4.32. The molecule has 1 amide bonds. The number of amides is 1. The minimum absolute atomic E-state index is 0.0938. The van der Waals surface area contributed by atoms with Gasteiger partial charge in [0.1, 0.15) is 11.4 Å². The van der Waals surface area contributed by atoms with Gasteiger partial charge in [-0.25, -0.2) is 4.79 Å². The second kappa shape index (κ2) is 6.23. The van der Waals surface area contributed by atoms with E-state index in [1.54, 1.807) is 0 Å². The molecule has 3 rings (SSSR count). The Morgan fingerprint density at radius 2 is 2.08 bits per heavy atom. The molecule has 2 aromatic rings. The quantitative estimate of drug-likeness (QED) is 0.871. The lowest BCUT2D eigenvalue weighted by Crippen LogP contribution is -2.42. The molecule has 0 spiro atoms. The van der Waals surface area contributed by atoms with Crippen LogP contribution in [0.4, 0.5) is 0 Å². The van der Waals surface area contributed by atoms with Crippen molar-refractivity contribution in [3.63, 3.8) is 0 Å². The summed E-state index contributed by atoms with van der Waals surface area (Å²) in [5.41, 5.74) is -0.204. The highest BCUT2D eigenvalue weighted by Crippen LogP contribution is 2.39. The number of aromatic nitrogens is 2. The van der Waals surface area contributed by atoms with Crippen molar-refractivity contribution in [3.05, 3.63) is 62.4 Å². The van der Waals surface area contributed by atoms with Crippen LogP contribution >= 0.6 is 0 Å². The standard InChI is InChI=1S/C18H21N3O4/c1-18(2)9-13(12-6-4-5-7-14(12)25-18)20-15(22)8-11-10-19-17(24)21(3)16(11)23/h4-7,10,13H,8-9H2,1-3H3,(H,19,24)(H,20,22)/t13-/m1/s1. The largest absolute Gasteiger partial charge is 0.487 e. The predicted octanol–water partition coefficient (Wildman–Crippen LogP) is 1.03. The molecular weight excluding hydrogens is 322 g/mol. The van der Waals surface area contributed by atoms with Crippen LogP contribution in [0.25, 0.3) is 0 Å². The fourth-order valence-corrected chi connectivity index (χ4v) is 3.09. The van der Waals surface area contributed by atoms with Gasteiger partial charge in [0.2, 0.25) is 5.91 Å². The Hall–Kier alpha value is -2.83. The summed E-state index contributed by atoms with van der Waals surface area (Å²) in [6.07, 6.45) is 1.83. The summed E-state index contributed by atoms with van der Waals surface area (Å²) in [5, 5.41) is 2.98. The van der Waals surface area contributed by atoms with Gasteiger partial charge < -0.3 is 15.0 Å².